The second kappa shape index (κ2) is 5.67. The second-order valence-electron chi connectivity index (χ2n) is 3.18. The van der Waals surface area contributed by atoms with E-state index in [1.807, 2.05) is 18.3 Å². The first kappa shape index (κ1) is 10.2. The predicted molar refractivity (Wildman–Crippen MR) is 54.1 cm³/mol. The van der Waals surface area contributed by atoms with Crippen LogP contribution in [0.2, 0.25) is 0 Å². The quantitative estimate of drug-likeness (QED) is 0.668. The molecule has 72 valence electrons. The lowest BCUT2D eigenvalue weighted by molar-refractivity contribution is 0.589. The number of nitrogens with zero attached hydrogens (tertiary/aromatic N) is 1. The van der Waals surface area contributed by atoms with Crippen molar-refractivity contribution in [3.8, 4) is 0 Å². The van der Waals surface area contributed by atoms with Crippen molar-refractivity contribution in [1.82, 2.24) is 4.98 Å². The van der Waals surface area contributed by atoms with Crippen molar-refractivity contribution < 1.29 is 0 Å². The molecule has 0 spiro atoms. The summed E-state index contributed by atoms with van der Waals surface area (Å²) in [5, 5.41) is 0. The lowest BCUT2D eigenvalue weighted by atomic mass is 10.0. The first-order chi connectivity index (χ1) is 6.34. The molecule has 13 heavy (non-hydrogen) atoms. The van der Waals surface area contributed by atoms with Gasteiger partial charge in [0, 0.05) is 18.4 Å². The van der Waals surface area contributed by atoms with Crippen molar-refractivity contribution in [2.24, 2.45) is 11.5 Å². The summed E-state index contributed by atoms with van der Waals surface area (Å²) < 4.78 is 0. The molecule has 0 unspecified atom stereocenters. The van der Waals surface area contributed by atoms with Gasteiger partial charge in [-0.3, -0.25) is 4.98 Å². The van der Waals surface area contributed by atoms with Crippen LogP contribution in [0.3, 0.4) is 0 Å². The minimum atomic E-state index is 0.111. The zero-order valence-electron chi connectivity index (χ0n) is 7.82. The van der Waals surface area contributed by atoms with Gasteiger partial charge in [0.2, 0.25) is 0 Å². The van der Waals surface area contributed by atoms with Crippen LogP contribution >= 0.6 is 0 Å². The Morgan fingerprint density at radius 3 is 2.85 bits per heavy atom. The Balaban J connectivity index is 2.35. The summed E-state index contributed by atoms with van der Waals surface area (Å²) in [5.41, 5.74) is 12.5. The van der Waals surface area contributed by atoms with Gasteiger partial charge in [0.15, 0.2) is 0 Å². The summed E-state index contributed by atoms with van der Waals surface area (Å²) in [5.74, 6) is 0. The lowest BCUT2D eigenvalue weighted by Crippen LogP contribution is -2.11. The van der Waals surface area contributed by atoms with Crippen LogP contribution in [0.15, 0.2) is 24.5 Å². The van der Waals surface area contributed by atoms with E-state index in [9.17, 15) is 0 Å². The zero-order chi connectivity index (χ0) is 9.52. The van der Waals surface area contributed by atoms with Gasteiger partial charge in [0.05, 0.1) is 0 Å². The minimum absolute atomic E-state index is 0.111. The molecule has 0 radical (unpaired) electrons. The van der Waals surface area contributed by atoms with Gasteiger partial charge in [0.1, 0.15) is 0 Å². The third-order valence-electron chi connectivity index (χ3n) is 2.08. The Bertz CT molecular complexity index is 223. The maximum absolute atomic E-state index is 5.95. The molecule has 1 rings (SSSR count). The van der Waals surface area contributed by atoms with Gasteiger partial charge in [-0.25, -0.2) is 0 Å². The third kappa shape index (κ3) is 3.53. The standard InChI is InChI=1S/C10H17N3/c11-6-2-1-5-10(12)9-4-3-7-13-8-9/h3-4,7-8,10H,1-2,5-6,11-12H2/t10-/m1/s1. The summed E-state index contributed by atoms with van der Waals surface area (Å²) in [6.45, 7) is 0.750. The molecule has 0 amide bonds. The Hall–Kier alpha value is -0.930. The van der Waals surface area contributed by atoms with E-state index in [0.29, 0.717) is 0 Å². The molecule has 1 aromatic rings. The average Bonchev–Trinajstić information content (AvgIpc) is 2.19. The summed E-state index contributed by atoms with van der Waals surface area (Å²) in [7, 11) is 0. The summed E-state index contributed by atoms with van der Waals surface area (Å²) in [4.78, 5) is 4.03. The van der Waals surface area contributed by atoms with Crippen molar-refractivity contribution in [2.75, 3.05) is 6.54 Å². The molecule has 0 bridgehead atoms. The highest BCUT2D eigenvalue weighted by Gasteiger charge is 2.04. The topological polar surface area (TPSA) is 64.9 Å². The van der Waals surface area contributed by atoms with Gasteiger partial charge in [0.25, 0.3) is 0 Å². The number of rotatable bonds is 5. The minimum Gasteiger partial charge on any atom is -0.330 e. The number of hydrogen-bond acceptors (Lipinski definition) is 3. The van der Waals surface area contributed by atoms with Crippen LogP contribution in [0.25, 0.3) is 0 Å². The molecule has 1 atom stereocenters. The highest BCUT2D eigenvalue weighted by molar-refractivity contribution is 5.12. The van der Waals surface area contributed by atoms with E-state index in [1.54, 1.807) is 6.20 Å². The summed E-state index contributed by atoms with van der Waals surface area (Å²) in [6, 6.07) is 4.04. The fourth-order valence-electron chi connectivity index (χ4n) is 1.27. The van der Waals surface area contributed by atoms with Gasteiger partial charge in [-0.2, -0.15) is 0 Å². The Morgan fingerprint density at radius 2 is 2.23 bits per heavy atom. The summed E-state index contributed by atoms with van der Waals surface area (Å²) >= 11 is 0. The van der Waals surface area contributed by atoms with E-state index >= 15 is 0 Å². The molecule has 0 saturated carbocycles. The molecule has 0 aliphatic rings. The SMILES string of the molecule is NCCCC[C@@H](N)c1cccnc1. The van der Waals surface area contributed by atoms with Crippen LogP contribution in [0.4, 0.5) is 0 Å². The van der Waals surface area contributed by atoms with Crippen molar-refractivity contribution in [2.45, 2.75) is 25.3 Å². The molecule has 1 aromatic heterocycles. The molecule has 0 aromatic carbocycles. The molecule has 1 heterocycles. The van der Waals surface area contributed by atoms with Crippen LogP contribution in [0.5, 0.6) is 0 Å². The van der Waals surface area contributed by atoms with Crippen LogP contribution < -0.4 is 11.5 Å². The molecule has 0 aliphatic carbocycles. The van der Waals surface area contributed by atoms with E-state index in [1.165, 1.54) is 0 Å². The van der Waals surface area contributed by atoms with Crippen molar-refractivity contribution in [3.63, 3.8) is 0 Å². The van der Waals surface area contributed by atoms with Gasteiger partial charge in [-0.05, 0) is 31.0 Å². The van der Waals surface area contributed by atoms with E-state index < -0.39 is 0 Å². The largest absolute Gasteiger partial charge is 0.330 e. The molecule has 0 saturated heterocycles. The number of aromatic nitrogens is 1. The van der Waals surface area contributed by atoms with Gasteiger partial charge in [-0.15, -0.1) is 0 Å². The first-order valence-corrected chi connectivity index (χ1v) is 4.70. The zero-order valence-corrected chi connectivity index (χ0v) is 7.82. The van der Waals surface area contributed by atoms with Crippen LogP contribution in [0.1, 0.15) is 30.9 Å². The molecular weight excluding hydrogens is 162 g/mol. The maximum Gasteiger partial charge on any atom is 0.0315 e. The van der Waals surface area contributed by atoms with Crippen LogP contribution in [-0.4, -0.2) is 11.5 Å². The molecule has 3 nitrogen and oxygen atoms in total. The van der Waals surface area contributed by atoms with Gasteiger partial charge >= 0.3 is 0 Å². The Morgan fingerprint density at radius 1 is 1.38 bits per heavy atom. The third-order valence-corrected chi connectivity index (χ3v) is 2.08. The Kier molecular flexibility index (Phi) is 4.43. The highest BCUT2D eigenvalue weighted by atomic mass is 14.7. The number of pyridine rings is 1. The Labute approximate surface area is 79.2 Å². The van der Waals surface area contributed by atoms with Crippen molar-refractivity contribution in [3.05, 3.63) is 30.1 Å². The maximum atomic E-state index is 5.95. The highest BCUT2D eigenvalue weighted by Crippen LogP contribution is 2.14. The van der Waals surface area contributed by atoms with Gasteiger partial charge in [-0.1, -0.05) is 12.5 Å². The van der Waals surface area contributed by atoms with Crippen LogP contribution in [-0.2, 0) is 0 Å². The second-order valence-corrected chi connectivity index (χ2v) is 3.18. The first-order valence-electron chi connectivity index (χ1n) is 4.70. The van der Waals surface area contributed by atoms with E-state index in [2.05, 4.69) is 4.98 Å². The van der Waals surface area contributed by atoms with E-state index in [0.717, 1.165) is 31.4 Å². The summed E-state index contributed by atoms with van der Waals surface area (Å²) in [6.07, 6.45) is 6.71. The van der Waals surface area contributed by atoms with E-state index in [4.69, 9.17) is 11.5 Å². The number of unbranched alkanes of at least 4 members (excludes halogenated alkanes) is 1. The predicted octanol–water partition coefficient (Wildman–Crippen LogP) is 1.21. The number of nitrogens with two attached hydrogens (primary N) is 2. The molecule has 0 aliphatic heterocycles. The normalized spacial score (nSPS) is 12.8. The molecule has 0 fully saturated rings. The molecule has 4 N–H and O–H groups in total. The van der Waals surface area contributed by atoms with Crippen LogP contribution in [0, 0.1) is 0 Å². The smallest absolute Gasteiger partial charge is 0.0315 e. The monoisotopic (exact) mass is 179 g/mol. The van der Waals surface area contributed by atoms with Crippen molar-refractivity contribution >= 4 is 0 Å². The fraction of sp³-hybridized carbons (Fsp3) is 0.500. The van der Waals surface area contributed by atoms with Gasteiger partial charge < -0.3 is 11.5 Å². The van der Waals surface area contributed by atoms with Crippen molar-refractivity contribution in [1.29, 1.82) is 0 Å². The van der Waals surface area contributed by atoms with E-state index in [-0.39, 0.29) is 6.04 Å². The average molecular weight is 179 g/mol. The molecular formula is C10H17N3. The lowest BCUT2D eigenvalue weighted by Gasteiger charge is -2.10. The fourth-order valence-corrected chi connectivity index (χ4v) is 1.27. The number of hydrogen-bond donors (Lipinski definition) is 2. The molecule has 3 heteroatoms.